The predicted molar refractivity (Wildman–Crippen MR) is 94.2 cm³/mol. The lowest BCUT2D eigenvalue weighted by Crippen LogP contribution is -2.29. The fourth-order valence-electron chi connectivity index (χ4n) is 2.39. The Labute approximate surface area is 151 Å². The summed E-state index contributed by atoms with van der Waals surface area (Å²) in [7, 11) is 0. The Balaban J connectivity index is 1.75. The summed E-state index contributed by atoms with van der Waals surface area (Å²) in [6.07, 6.45) is -2.83. The van der Waals surface area contributed by atoms with Gasteiger partial charge in [-0.2, -0.15) is 0 Å². The summed E-state index contributed by atoms with van der Waals surface area (Å²) in [4.78, 5) is 11.6. The zero-order chi connectivity index (χ0) is 18.9. The predicted octanol–water partition coefficient (Wildman–Crippen LogP) is 1.60. The maximum atomic E-state index is 11.6. The van der Waals surface area contributed by atoms with E-state index in [1.54, 1.807) is 0 Å². The van der Waals surface area contributed by atoms with Crippen molar-refractivity contribution in [3.05, 3.63) is 65.2 Å². The number of aliphatic hydroxyl groups is 3. The van der Waals surface area contributed by atoms with E-state index in [0.717, 1.165) is 5.56 Å². The van der Waals surface area contributed by atoms with Crippen LogP contribution in [0.5, 0.6) is 5.75 Å². The molecule has 140 valence electrons. The zero-order valence-electron chi connectivity index (χ0n) is 14.2. The number of nitrogens with one attached hydrogen (secondary N) is 1. The van der Waals surface area contributed by atoms with Gasteiger partial charge in [-0.25, -0.2) is 4.79 Å². The van der Waals surface area contributed by atoms with Crippen molar-refractivity contribution >= 4 is 6.09 Å². The lowest BCUT2D eigenvalue weighted by Gasteiger charge is -2.19. The second-order valence-corrected chi connectivity index (χ2v) is 5.84. The van der Waals surface area contributed by atoms with Gasteiger partial charge >= 0.3 is 6.09 Å². The third-order valence-corrected chi connectivity index (χ3v) is 3.90. The average molecular weight is 361 g/mol. The van der Waals surface area contributed by atoms with Crippen LogP contribution in [0.2, 0.25) is 0 Å². The fourth-order valence-corrected chi connectivity index (χ4v) is 2.39. The number of rotatable bonds is 8. The molecule has 7 nitrogen and oxygen atoms in total. The van der Waals surface area contributed by atoms with Gasteiger partial charge in [0.2, 0.25) is 0 Å². The number of aliphatic hydroxyl groups excluding tert-OH is 3. The van der Waals surface area contributed by atoms with Crippen LogP contribution in [0.1, 0.15) is 29.2 Å². The highest BCUT2D eigenvalue weighted by Crippen LogP contribution is 2.25. The van der Waals surface area contributed by atoms with Crippen molar-refractivity contribution in [3.8, 4) is 5.75 Å². The lowest BCUT2D eigenvalue weighted by molar-refractivity contribution is 0.0135. The normalized spacial score (nSPS) is 13.0. The number of phenols is 1. The molecule has 2 atom stereocenters. The number of hydrogen-bond donors (Lipinski definition) is 5. The third-order valence-electron chi connectivity index (χ3n) is 3.90. The van der Waals surface area contributed by atoms with Crippen LogP contribution in [-0.2, 0) is 18.0 Å². The molecule has 0 spiro atoms. The Morgan fingerprint density at radius 1 is 1.12 bits per heavy atom. The Kier molecular flexibility index (Phi) is 7.40. The highest BCUT2D eigenvalue weighted by molar-refractivity contribution is 5.67. The Bertz CT molecular complexity index is 706. The summed E-state index contributed by atoms with van der Waals surface area (Å²) < 4.78 is 5.05. The molecule has 0 aliphatic rings. The van der Waals surface area contributed by atoms with Gasteiger partial charge in [-0.1, -0.05) is 36.4 Å². The minimum atomic E-state index is -1.21. The highest BCUT2D eigenvalue weighted by Gasteiger charge is 2.19. The minimum absolute atomic E-state index is 0.0826. The van der Waals surface area contributed by atoms with E-state index in [1.807, 2.05) is 30.3 Å². The van der Waals surface area contributed by atoms with Crippen molar-refractivity contribution in [2.45, 2.75) is 31.8 Å². The van der Waals surface area contributed by atoms with Gasteiger partial charge < -0.3 is 30.5 Å². The van der Waals surface area contributed by atoms with Crippen LogP contribution < -0.4 is 5.32 Å². The van der Waals surface area contributed by atoms with Crippen molar-refractivity contribution in [1.82, 2.24) is 5.32 Å². The number of alkyl carbamates (subject to hydrolysis) is 1. The Hall–Kier alpha value is -2.61. The molecule has 0 bridgehead atoms. The second kappa shape index (κ2) is 9.76. The first-order chi connectivity index (χ1) is 12.5. The van der Waals surface area contributed by atoms with E-state index in [4.69, 9.17) is 9.84 Å². The first kappa shape index (κ1) is 19.7. The van der Waals surface area contributed by atoms with Crippen LogP contribution >= 0.6 is 0 Å². The minimum Gasteiger partial charge on any atom is -0.508 e. The van der Waals surface area contributed by atoms with Gasteiger partial charge in [-0.15, -0.1) is 0 Å². The molecule has 0 aromatic heterocycles. The molecular weight excluding hydrogens is 338 g/mol. The van der Waals surface area contributed by atoms with E-state index < -0.39 is 18.3 Å². The number of benzene rings is 2. The summed E-state index contributed by atoms with van der Waals surface area (Å²) in [6.45, 7) is -0.108. The van der Waals surface area contributed by atoms with Crippen molar-refractivity contribution < 1.29 is 30.0 Å². The van der Waals surface area contributed by atoms with E-state index in [1.165, 1.54) is 18.2 Å². The van der Waals surface area contributed by atoms with E-state index >= 15 is 0 Å². The van der Waals surface area contributed by atoms with Crippen molar-refractivity contribution in [2.75, 3.05) is 6.54 Å². The lowest BCUT2D eigenvalue weighted by atomic mass is 10.00. The molecule has 2 aromatic carbocycles. The fraction of sp³-hybridized carbons (Fsp3) is 0.316. The van der Waals surface area contributed by atoms with Crippen LogP contribution in [0.15, 0.2) is 48.5 Å². The monoisotopic (exact) mass is 361 g/mol. The first-order valence-electron chi connectivity index (χ1n) is 8.24. The molecule has 0 saturated carbocycles. The number of ether oxygens (including phenoxy) is 1. The largest absolute Gasteiger partial charge is 0.508 e. The quantitative estimate of drug-likeness (QED) is 0.487. The summed E-state index contributed by atoms with van der Waals surface area (Å²) >= 11 is 0. The number of carbonyl (C=O) groups is 1. The van der Waals surface area contributed by atoms with E-state index in [9.17, 15) is 20.1 Å². The van der Waals surface area contributed by atoms with Crippen LogP contribution in [-0.4, -0.2) is 39.2 Å². The molecule has 0 radical (unpaired) electrons. The van der Waals surface area contributed by atoms with Crippen LogP contribution in [0, 0.1) is 0 Å². The van der Waals surface area contributed by atoms with Gasteiger partial charge in [0, 0.05) is 12.1 Å². The second-order valence-electron chi connectivity index (χ2n) is 5.84. The summed E-state index contributed by atoms with van der Waals surface area (Å²) in [5.74, 6) is -0.0826. The highest BCUT2D eigenvalue weighted by atomic mass is 16.5. The molecule has 0 aliphatic heterocycles. The maximum Gasteiger partial charge on any atom is 0.407 e. The molecule has 0 aliphatic carbocycles. The zero-order valence-corrected chi connectivity index (χ0v) is 14.2. The molecule has 2 rings (SSSR count). The molecule has 26 heavy (non-hydrogen) atoms. The van der Waals surface area contributed by atoms with Crippen molar-refractivity contribution in [2.24, 2.45) is 0 Å². The Morgan fingerprint density at radius 2 is 1.85 bits per heavy atom. The Morgan fingerprint density at radius 3 is 2.54 bits per heavy atom. The van der Waals surface area contributed by atoms with Gasteiger partial charge in [0.15, 0.2) is 0 Å². The first-order valence-corrected chi connectivity index (χ1v) is 8.24. The molecule has 2 aromatic rings. The maximum absolute atomic E-state index is 11.6. The number of hydrogen-bond acceptors (Lipinski definition) is 6. The molecular formula is C19H23NO6. The van der Waals surface area contributed by atoms with Crippen molar-refractivity contribution in [3.63, 3.8) is 0 Å². The van der Waals surface area contributed by atoms with Gasteiger partial charge in [0.05, 0.1) is 12.7 Å². The van der Waals surface area contributed by atoms with Crippen molar-refractivity contribution in [1.29, 1.82) is 0 Å². The van der Waals surface area contributed by atoms with Gasteiger partial charge in [-0.3, -0.25) is 0 Å². The summed E-state index contributed by atoms with van der Waals surface area (Å²) in [5.41, 5.74) is 1.49. The molecule has 0 heterocycles. The van der Waals surface area contributed by atoms with E-state index in [0.29, 0.717) is 5.56 Å². The third kappa shape index (κ3) is 5.73. The van der Waals surface area contributed by atoms with E-state index in [-0.39, 0.29) is 37.5 Å². The van der Waals surface area contributed by atoms with Crippen LogP contribution in [0.3, 0.4) is 0 Å². The molecule has 2 unspecified atom stereocenters. The number of amides is 1. The summed E-state index contributed by atoms with van der Waals surface area (Å²) in [5, 5.41) is 41.4. The smallest absolute Gasteiger partial charge is 0.407 e. The molecule has 0 saturated heterocycles. The molecule has 5 N–H and O–H groups in total. The molecule has 7 heteroatoms. The van der Waals surface area contributed by atoms with Crippen LogP contribution in [0.25, 0.3) is 0 Å². The standard InChI is InChI=1S/C19H23NO6/c21-11-15-10-14(6-7-16(15)22)18(24)17(23)8-9-20-19(25)26-12-13-4-2-1-3-5-13/h1-7,10,17-18,21-24H,8-9,11-12H2,(H,20,25). The van der Waals surface area contributed by atoms with Gasteiger partial charge in [0.1, 0.15) is 18.5 Å². The SMILES string of the molecule is O=C(NCCC(O)C(O)c1ccc(O)c(CO)c1)OCc1ccccc1. The molecule has 0 fully saturated rings. The molecule has 1 amide bonds. The average Bonchev–Trinajstić information content (AvgIpc) is 2.67. The topological polar surface area (TPSA) is 119 Å². The van der Waals surface area contributed by atoms with Gasteiger partial charge in [0.25, 0.3) is 0 Å². The summed E-state index contributed by atoms with van der Waals surface area (Å²) in [6, 6.07) is 13.5. The number of carbonyl (C=O) groups excluding carboxylic acids is 1. The van der Waals surface area contributed by atoms with Crippen LogP contribution in [0.4, 0.5) is 4.79 Å². The van der Waals surface area contributed by atoms with Gasteiger partial charge in [-0.05, 0) is 29.7 Å². The van der Waals surface area contributed by atoms with E-state index in [2.05, 4.69) is 5.32 Å². The number of aromatic hydroxyl groups is 1.